The zero-order valence-corrected chi connectivity index (χ0v) is 28.6. The lowest BCUT2D eigenvalue weighted by Crippen LogP contribution is -2.18. The van der Waals surface area contributed by atoms with Crippen molar-refractivity contribution in [1.82, 2.24) is 5.32 Å². The molecule has 0 radical (unpaired) electrons. The third-order valence-corrected chi connectivity index (χ3v) is 8.29. The standard InChI is InChI=1S/C37H73NO4/c1-4-7-10-12-16-22-28-35(29-23-17-13-11-8-5-2)42-37(40)31-25-19-15-21-27-33-38-32-26-20-14-18-24-30-36(39)41-34-9-6-3/h35,38H,4-34H2,1-3H3. The van der Waals surface area contributed by atoms with E-state index in [0.29, 0.717) is 19.4 Å². The average Bonchev–Trinajstić information content (AvgIpc) is 2.98. The summed E-state index contributed by atoms with van der Waals surface area (Å²) in [6.45, 7) is 9.38. The van der Waals surface area contributed by atoms with Crippen molar-refractivity contribution in [2.24, 2.45) is 0 Å². The van der Waals surface area contributed by atoms with Gasteiger partial charge in [0.15, 0.2) is 0 Å². The molecule has 0 unspecified atom stereocenters. The second kappa shape index (κ2) is 34.4. The van der Waals surface area contributed by atoms with Gasteiger partial charge in [-0.2, -0.15) is 0 Å². The maximum atomic E-state index is 12.5. The Labute approximate surface area is 262 Å². The van der Waals surface area contributed by atoms with E-state index in [1.807, 2.05) is 0 Å². The van der Waals surface area contributed by atoms with Gasteiger partial charge in [-0.3, -0.25) is 9.59 Å². The van der Waals surface area contributed by atoms with Crippen LogP contribution in [0.1, 0.15) is 201 Å². The van der Waals surface area contributed by atoms with Crippen LogP contribution in [0.2, 0.25) is 0 Å². The predicted molar refractivity (Wildman–Crippen MR) is 180 cm³/mol. The van der Waals surface area contributed by atoms with Gasteiger partial charge in [0.2, 0.25) is 0 Å². The van der Waals surface area contributed by atoms with Crippen LogP contribution in [-0.4, -0.2) is 37.7 Å². The van der Waals surface area contributed by atoms with Crippen LogP contribution in [0, 0.1) is 0 Å². The third kappa shape index (κ3) is 31.8. The van der Waals surface area contributed by atoms with Gasteiger partial charge < -0.3 is 14.8 Å². The molecule has 0 bridgehead atoms. The number of unbranched alkanes of at least 4 members (excludes halogenated alkanes) is 19. The number of carbonyl (C=O) groups is 2. The smallest absolute Gasteiger partial charge is 0.306 e. The highest BCUT2D eigenvalue weighted by molar-refractivity contribution is 5.69. The van der Waals surface area contributed by atoms with Gasteiger partial charge in [-0.15, -0.1) is 0 Å². The van der Waals surface area contributed by atoms with Gasteiger partial charge in [0, 0.05) is 12.8 Å². The Bertz CT molecular complexity index is 552. The summed E-state index contributed by atoms with van der Waals surface area (Å²) in [4.78, 5) is 24.1. The number of hydrogen-bond acceptors (Lipinski definition) is 5. The molecule has 0 atom stereocenters. The Morgan fingerprint density at radius 2 is 0.881 bits per heavy atom. The van der Waals surface area contributed by atoms with Gasteiger partial charge in [0.1, 0.15) is 6.10 Å². The Morgan fingerprint density at radius 3 is 1.38 bits per heavy atom. The topological polar surface area (TPSA) is 64.6 Å². The molecule has 0 aliphatic rings. The van der Waals surface area contributed by atoms with Crippen LogP contribution in [-0.2, 0) is 19.1 Å². The Morgan fingerprint density at radius 1 is 0.476 bits per heavy atom. The lowest BCUT2D eigenvalue weighted by molar-refractivity contribution is -0.150. The first-order valence-corrected chi connectivity index (χ1v) is 18.7. The van der Waals surface area contributed by atoms with Crippen molar-refractivity contribution in [1.29, 1.82) is 0 Å². The van der Waals surface area contributed by atoms with E-state index in [1.165, 1.54) is 116 Å². The Kier molecular flexibility index (Phi) is 33.5. The summed E-state index contributed by atoms with van der Waals surface area (Å²) in [6, 6.07) is 0. The molecule has 0 amide bonds. The van der Waals surface area contributed by atoms with Crippen molar-refractivity contribution in [2.75, 3.05) is 19.7 Å². The summed E-state index contributed by atoms with van der Waals surface area (Å²) in [5.41, 5.74) is 0. The number of hydrogen-bond donors (Lipinski definition) is 1. The zero-order chi connectivity index (χ0) is 30.8. The van der Waals surface area contributed by atoms with Crippen LogP contribution in [0.4, 0.5) is 0 Å². The van der Waals surface area contributed by atoms with Crippen molar-refractivity contribution >= 4 is 11.9 Å². The normalized spacial score (nSPS) is 11.3. The molecule has 0 aromatic heterocycles. The molecule has 250 valence electrons. The average molecular weight is 596 g/mol. The summed E-state index contributed by atoms with van der Waals surface area (Å²) in [6.07, 6.45) is 32.4. The molecule has 1 N–H and O–H groups in total. The summed E-state index contributed by atoms with van der Waals surface area (Å²) in [7, 11) is 0. The molecule has 0 aliphatic carbocycles. The molecule has 0 spiro atoms. The number of nitrogens with one attached hydrogen (secondary N) is 1. The Balaban J connectivity index is 3.71. The summed E-state index contributed by atoms with van der Waals surface area (Å²) in [5, 5.41) is 3.57. The highest BCUT2D eigenvalue weighted by Crippen LogP contribution is 2.18. The van der Waals surface area contributed by atoms with E-state index in [2.05, 4.69) is 26.1 Å². The minimum absolute atomic E-state index is 0.0312. The van der Waals surface area contributed by atoms with Crippen LogP contribution >= 0.6 is 0 Å². The molecule has 0 aromatic carbocycles. The number of rotatable bonds is 34. The van der Waals surface area contributed by atoms with Gasteiger partial charge in [-0.1, -0.05) is 130 Å². The van der Waals surface area contributed by atoms with Gasteiger partial charge in [-0.25, -0.2) is 0 Å². The lowest BCUT2D eigenvalue weighted by Gasteiger charge is -2.18. The van der Waals surface area contributed by atoms with E-state index in [0.717, 1.165) is 64.5 Å². The molecule has 0 aliphatic heterocycles. The zero-order valence-electron chi connectivity index (χ0n) is 28.6. The molecule has 0 rings (SSSR count). The number of esters is 2. The first kappa shape index (κ1) is 40.9. The highest BCUT2D eigenvalue weighted by atomic mass is 16.5. The highest BCUT2D eigenvalue weighted by Gasteiger charge is 2.14. The maximum Gasteiger partial charge on any atom is 0.306 e. The van der Waals surface area contributed by atoms with Gasteiger partial charge in [0.25, 0.3) is 0 Å². The number of ether oxygens (including phenoxy) is 2. The monoisotopic (exact) mass is 596 g/mol. The summed E-state index contributed by atoms with van der Waals surface area (Å²) in [5.74, 6) is 0.00170. The fourth-order valence-electron chi connectivity index (χ4n) is 5.44. The van der Waals surface area contributed by atoms with Gasteiger partial charge >= 0.3 is 11.9 Å². The molecule has 5 nitrogen and oxygen atoms in total. The molecule has 0 saturated heterocycles. The van der Waals surface area contributed by atoms with Crippen molar-refractivity contribution in [2.45, 2.75) is 207 Å². The van der Waals surface area contributed by atoms with Crippen molar-refractivity contribution in [3.05, 3.63) is 0 Å². The van der Waals surface area contributed by atoms with E-state index in [9.17, 15) is 9.59 Å². The molecule has 5 heteroatoms. The number of carbonyl (C=O) groups excluding carboxylic acids is 2. The van der Waals surface area contributed by atoms with Crippen LogP contribution in [0.15, 0.2) is 0 Å². The van der Waals surface area contributed by atoms with Crippen molar-refractivity contribution < 1.29 is 19.1 Å². The second-order valence-corrected chi connectivity index (χ2v) is 12.6. The van der Waals surface area contributed by atoms with Crippen LogP contribution < -0.4 is 5.32 Å². The molecule has 0 saturated carbocycles. The Hall–Kier alpha value is -1.10. The molecular formula is C37H73NO4. The predicted octanol–water partition coefficient (Wildman–Crippen LogP) is 11.0. The van der Waals surface area contributed by atoms with E-state index < -0.39 is 0 Å². The molecule has 0 fully saturated rings. The molecule has 42 heavy (non-hydrogen) atoms. The molecular weight excluding hydrogens is 522 g/mol. The summed E-state index contributed by atoms with van der Waals surface area (Å²) < 4.78 is 11.2. The molecule has 0 aromatic rings. The van der Waals surface area contributed by atoms with Gasteiger partial charge in [-0.05, 0) is 70.9 Å². The van der Waals surface area contributed by atoms with Crippen molar-refractivity contribution in [3.8, 4) is 0 Å². The summed E-state index contributed by atoms with van der Waals surface area (Å²) >= 11 is 0. The third-order valence-electron chi connectivity index (χ3n) is 8.29. The van der Waals surface area contributed by atoms with E-state index in [4.69, 9.17) is 9.47 Å². The minimum atomic E-state index is -0.0312. The minimum Gasteiger partial charge on any atom is -0.466 e. The van der Waals surface area contributed by atoms with Crippen molar-refractivity contribution in [3.63, 3.8) is 0 Å². The van der Waals surface area contributed by atoms with E-state index >= 15 is 0 Å². The quantitative estimate of drug-likeness (QED) is 0.0592. The van der Waals surface area contributed by atoms with E-state index in [1.54, 1.807) is 0 Å². The maximum absolute atomic E-state index is 12.5. The van der Waals surface area contributed by atoms with E-state index in [-0.39, 0.29) is 18.0 Å². The van der Waals surface area contributed by atoms with Crippen LogP contribution in [0.3, 0.4) is 0 Å². The second-order valence-electron chi connectivity index (χ2n) is 12.6. The lowest BCUT2D eigenvalue weighted by atomic mass is 10.0. The van der Waals surface area contributed by atoms with Crippen LogP contribution in [0.25, 0.3) is 0 Å². The first-order valence-electron chi connectivity index (χ1n) is 18.7. The fourth-order valence-corrected chi connectivity index (χ4v) is 5.44. The van der Waals surface area contributed by atoms with Gasteiger partial charge in [0.05, 0.1) is 6.61 Å². The van der Waals surface area contributed by atoms with Crippen LogP contribution in [0.5, 0.6) is 0 Å². The first-order chi connectivity index (χ1) is 20.6. The fraction of sp³-hybridized carbons (Fsp3) is 0.946. The SMILES string of the molecule is CCCCCCCCC(CCCCCCCC)OC(=O)CCCCCCCNCCCCCCCC(=O)OCCCC. The largest absolute Gasteiger partial charge is 0.466 e. The molecule has 0 heterocycles.